The van der Waals surface area contributed by atoms with Crippen LogP contribution in [-0.4, -0.2) is 65.9 Å². The van der Waals surface area contributed by atoms with Gasteiger partial charge in [0.1, 0.15) is 6.61 Å². The van der Waals surface area contributed by atoms with Crippen LogP contribution in [0.5, 0.6) is 0 Å². The molecule has 3 aliphatic rings. The molecule has 2 saturated heterocycles. The molecule has 1 amide bonds. The molecule has 0 aromatic heterocycles. The molecule has 0 saturated carbocycles. The highest BCUT2D eigenvalue weighted by atomic mass is 79.9. The number of fused-ring (bicyclic) bond motifs is 3. The van der Waals surface area contributed by atoms with E-state index in [9.17, 15) is 24.6 Å². The van der Waals surface area contributed by atoms with Crippen molar-refractivity contribution < 1.29 is 29.3 Å². The van der Waals surface area contributed by atoms with Crippen molar-refractivity contribution in [3.63, 3.8) is 0 Å². The molecule has 1 aliphatic carbocycles. The lowest BCUT2D eigenvalue weighted by Gasteiger charge is -2.38. The molecule has 4 aromatic carbocycles. The van der Waals surface area contributed by atoms with Crippen molar-refractivity contribution in [3.05, 3.63) is 128 Å². The lowest BCUT2D eigenvalue weighted by Crippen LogP contribution is -2.49. The second-order valence-electron chi connectivity index (χ2n) is 12.8. The van der Waals surface area contributed by atoms with Crippen molar-refractivity contribution >= 4 is 49.9 Å². The molecular formula is C39H38Br2N2O6. The van der Waals surface area contributed by atoms with Crippen molar-refractivity contribution in [1.82, 2.24) is 10.2 Å². The van der Waals surface area contributed by atoms with Gasteiger partial charge in [-0.05, 0) is 96.4 Å². The molecule has 3 N–H and O–H groups in total. The van der Waals surface area contributed by atoms with Crippen LogP contribution in [-0.2, 0) is 25.2 Å². The summed E-state index contributed by atoms with van der Waals surface area (Å²) in [6.45, 7) is 2.49. The number of halogens is 2. The fourth-order valence-corrected chi connectivity index (χ4v) is 7.93. The quantitative estimate of drug-likeness (QED) is 0.182. The van der Waals surface area contributed by atoms with Crippen molar-refractivity contribution in [2.24, 2.45) is 0 Å². The minimum absolute atomic E-state index is 0.00650. The Bertz CT molecular complexity index is 1770. The third kappa shape index (κ3) is 7.04. The lowest BCUT2D eigenvalue weighted by molar-refractivity contribution is -0.146. The Morgan fingerprint density at radius 3 is 1.55 bits per heavy atom. The third-order valence-corrected chi connectivity index (χ3v) is 11.3. The number of hydrogen-bond acceptors (Lipinski definition) is 5. The summed E-state index contributed by atoms with van der Waals surface area (Å²) >= 11 is 6.77. The highest BCUT2D eigenvalue weighted by molar-refractivity contribution is 9.10. The number of aliphatic carboxylic acids is 2. The van der Waals surface area contributed by atoms with E-state index in [2.05, 4.69) is 61.4 Å². The average Bonchev–Trinajstić information content (AvgIpc) is 3.45. The number of benzene rings is 4. The number of amides is 1. The zero-order valence-electron chi connectivity index (χ0n) is 26.9. The number of carbonyl (C=O) groups excluding carboxylic acids is 1. The molecule has 2 fully saturated rings. The summed E-state index contributed by atoms with van der Waals surface area (Å²) in [4.78, 5) is 38.3. The number of piperidine rings is 2. The number of hydrogen-bond donors (Lipinski definition) is 3. The number of nitrogens with one attached hydrogen (secondary N) is 1. The predicted molar refractivity (Wildman–Crippen MR) is 195 cm³/mol. The summed E-state index contributed by atoms with van der Waals surface area (Å²) in [5.41, 5.74) is 4.71. The number of carboxylic acids is 2. The molecule has 0 bridgehead atoms. The SMILES string of the molecule is O=C(O)C1(c2ccc(Br)cc2)CCNCC1.O=C(OCC1c2ccccc2-c2ccccc21)N1CCC(C(=O)O)(c2ccc(Br)cc2)CC1. The van der Waals surface area contributed by atoms with Gasteiger partial charge in [0.15, 0.2) is 0 Å². The molecular weight excluding hydrogens is 752 g/mol. The van der Waals surface area contributed by atoms with Crippen LogP contribution in [0.3, 0.4) is 0 Å². The Balaban J connectivity index is 0.000000218. The number of ether oxygens (including phenoxy) is 1. The molecule has 254 valence electrons. The highest BCUT2D eigenvalue weighted by Gasteiger charge is 2.44. The van der Waals surface area contributed by atoms with E-state index in [0.29, 0.717) is 38.8 Å². The molecule has 8 nitrogen and oxygen atoms in total. The maximum atomic E-state index is 12.9. The second-order valence-corrected chi connectivity index (χ2v) is 14.7. The fraction of sp³-hybridized carbons (Fsp3) is 0.308. The van der Waals surface area contributed by atoms with Gasteiger partial charge in [0.05, 0.1) is 10.8 Å². The molecule has 0 unspecified atom stereocenters. The van der Waals surface area contributed by atoms with Crippen molar-refractivity contribution in [1.29, 1.82) is 0 Å². The molecule has 10 heteroatoms. The van der Waals surface area contributed by atoms with Gasteiger partial charge < -0.3 is 25.2 Å². The molecule has 0 atom stereocenters. The van der Waals surface area contributed by atoms with E-state index >= 15 is 0 Å². The second kappa shape index (κ2) is 14.9. The molecule has 49 heavy (non-hydrogen) atoms. The van der Waals surface area contributed by atoms with Crippen LogP contribution in [0.15, 0.2) is 106 Å². The number of nitrogens with zero attached hydrogens (tertiary/aromatic N) is 1. The van der Waals surface area contributed by atoms with Crippen LogP contribution in [0, 0.1) is 0 Å². The topological polar surface area (TPSA) is 116 Å². The predicted octanol–water partition coefficient (Wildman–Crippen LogP) is 7.97. The Kier molecular flexibility index (Phi) is 10.6. The van der Waals surface area contributed by atoms with Crippen molar-refractivity contribution in [2.45, 2.75) is 42.4 Å². The maximum Gasteiger partial charge on any atom is 0.409 e. The molecule has 0 spiro atoms. The first-order valence-corrected chi connectivity index (χ1v) is 18.0. The normalized spacial score (nSPS) is 17.6. The summed E-state index contributed by atoms with van der Waals surface area (Å²) in [6, 6.07) is 31.5. The van der Waals surface area contributed by atoms with Gasteiger partial charge in [0, 0.05) is 28.0 Å². The van der Waals surface area contributed by atoms with Gasteiger partial charge in [0.25, 0.3) is 0 Å². The van der Waals surface area contributed by atoms with Gasteiger partial charge in [-0.2, -0.15) is 0 Å². The molecule has 2 heterocycles. The van der Waals surface area contributed by atoms with Crippen LogP contribution in [0.1, 0.15) is 53.9 Å². The van der Waals surface area contributed by atoms with Crippen LogP contribution < -0.4 is 5.32 Å². The van der Waals surface area contributed by atoms with Gasteiger partial charge in [-0.3, -0.25) is 9.59 Å². The number of carbonyl (C=O) groups is 3. The van der Waals surface area contributed by atoms with E-state index in [-0.39, 0.29) is 18.6 Å². The molecule has 7 rings (SSSR count). The fourth-order valence-electron chi connectivity index (χ4n) is 7.40. The third-order valence-electron chi connectivity index (χ3n) is 10.3. The van der Waals surface area contributed by atoms with Gasteiger partial charge >= 0.3 is 18.0 Å². The molecule has 4 aromatic rings. The van der Waals surface area contributed by atoms with Crippen molar-refractivity contribution in [3.8, 4) is 11.1 Å². The number of carboxylic acid groups (broad SMARTS) is 2. The highest BCUT2D eigenvalue weighted by Crippen LogP contribution is 2.45. The summed E-state index contributed by atoms with van der Waals surface area (Å²) < 4.78 is 7.65. The number of likely N-dealkylation sites (tertiary alicyclic amines) is 1. The van der Waals surface area contributed by atoms with Crippen LogP contribution >= 0.6 is 31.9 Å². The molecule has 2 aliphatic heterocycles. The van der Waals surface area contributed by atoms with Gasteiger partial charge in [-0.1, -0.05) is 105 Å². The maximum absolute atomic E-state index is 12.9. The van der Waals surface area contributed by atoms with E-state index in [4.69, 9.17) is 4.74 Å². The zero-order valence-corrected chi connectivity index (χ0v) is 30.1. The van der Waals surface area contributed by atoms with Crippen molar-refractivity contribution in [2.75, 3.05) is 32.8 Å². The van der Waals surface area contributed by atoms with E-state index in [1.54, 1.807) is 4.90 Å². The van der Waals surface area contributed by atoms with Gasteiger partial charge in [0.2, 0.25) is 0 Å². The zero-order chi connectivity index (χ0) is 34.6. The number of rotatable bonds is 6. The first-order valence-electron chi connectivity index (χ1n) is 16.4. The smallest absolute Gasteiger partial charge is 0.409 e. The Hall–Kier alpha value is -3.99. The van der Waals surface area contributed by atoms with E-state index < -0.39 is 22.8 Å². The first-order chi connectivity index (χ1) is 23.6. The van der Waals surface area contributed by atoms with E-state index in [1.807, 2.05) is 72.8 Å². The largest absolute Gasteiger partial charge is 0.481 e. The minimum Gasteiger partial charge on any atom is -0.481 e. The first kappa shape index (κ1) is 34.9. The molecule has 0 radical (unpaired) electrons. The Morgan fingerprint density at radius 1 is 0.673 bits per heavy atom. The van der Waals surface area contributed by atoms with Crippen LogP contribution in [0.25, 0.3) is 11.1 Å². The van der Waals surface area contributed by atoms with E-state index in [1.165, 1.54) is 22.3 Å². The minimum atomic E-state index is -0.985. The summed E-state index contributed by atoms with van der Waals surface area (Å²) in [5.74, 6) is -1.56. The van der Waals surface area contributed by atoms with Crippen LogP contribution in [0.4, 0.5) is 4.79 Å². The monoisotopic (exact) mass is 788 g/mol. The summed E-state index contributed by atoms with van der Waals surface area (Å²) in [7, 11) is 0. The Morgan fingerprint density at radius 2 is 1.10 bits per heavy atom. The standard InChI is InChI=1S/C27H24BrNO4.C12H14BrNO2/c28-19-11-9-18(10-12-19)27(25(30)31)13-15-29(16-14-27)26(32)33-17-24-22-7-3-1-5-20(22)21-6-2-4-8-23(21)24;13-10-3-1-9(2-4-10)12(11(15)16)5-7-14-8-6-12/h1-12,24H,13-17H2,(H,30,31);1-4,14H,5-8H2,(H,15,16). The average molecular weight is 791 g/mol. The van der Waals surface area contributed by atoms with Crippen LogP contribution in [0.2, 0.25) is 0 Å². The summed E-state index contributed by atoms with van der Waals surface area (Å²) in [5, 5.41) is 22.7. The Labute approximate surface area is 302 Å². The summed E-state index contributed by atoms with van der Waals surface area (Å²) in [6.07, 6.45) is 1.64. The van der Waals surface area contributed by atoms with Gasteiger partial charge in [-0.25, -0.2) is 4.79 Å². The van der Waals surface area contributed by atoms with Gasteiger partial charge in [-0.15, -0.1) is 0 Å². The lowest BCUT2D eigenvalue weighted by atomic mass is 9.73. The van der Waals surface area contributed by atoms with E-state index in [0.717, 1.165) is 33.2 Å².